The molecule has 0 fully saturated rings. The number of nitrogens with one attached hydrogen (secondary N) is 1. The number of carbonyl (C=O) groups is 1. The van der Waals surface area contributed by atoms with Crippen LogP contribution in [0.15, 0.2) is 53.9 Å². The molecular weight excluding hydrogens is 378 g/mol. The van der Waals surface area contributed by atoms with Gasteiger partial charge in [-0.3, -0.25) is 9.78 Å². The van der Waals surface area contributed by atoms with E-state index in [1.165, 1.54) is 4.68 Å². The third-order valence-electron chi connectivity index (χ3n) is 4.71. The molecule has 3 heterocycles. The lowest BCUT2D eigenvalue weighted by Gasteiger charge is -2.07. The third-order valence-corrected chi connectivity index (χ3v) is 4.71. The SMILES string of the molecule is CC(C)CCNC(=O)c1c(N)n(/N=C\c2cccnc2)c2nc3ccccc3nc12. The molecule has 0 unspecified atom stereocenters. The van der Waals surface area contributed by atoms with Crippen molar-refractivity contribution in [1.29, 1.82) is 0 Å². The second-order valence-electron chi connectivity index (χ2n) is 7.43. The molecule has 0 atom stereocenters. The van der Waals surface area contributed by atoms with E-state index in [1.807, 2.05) is 36.4 Å². The number of fused-ring (bicyclic) bond motifs is 2. The number of pyridine rings is 1. The van der Waals surface area contributed by atoms with Crippen molar-refractivity contribution in [3.63, 3.8) is 0 Å². The van der Waals surface area contributed by atoms with Gasteiger partial charge in [0.2, 0.25) is 0 Å². The number of nitrogen functional groups attached to an aromatic ring is 1. The van der Waals surface area contributed by atoms with Crippen LogP contribution in [0.4, 0.5) is 5.82 Å². The first-order valence-corrected chi connectivity index (χ1v) is 9.84. The van der Waals surface area contributed by atoms with E-state index < -0.39 is 0 Å². The predicted octanol–water partition coefficient (Wildman–Crippen LogP) is 3.22. The van der Waals surface area contributed by atoms with Gasteiger partial charge in [-0.25, -0.2) is 9.97 Å². The summed E-state index contributed by atoms with van der Waals surface area (Å²) in [6.45, 7) is 4.77. The van der Waals surface area contributed by atoms with E-state index in [9.17, 15) is 4.79 Å². The van der Waals surface area contributed by atoms with Crippen LogP contribution in [-0.2, 0) is 0 Å². The van der Waals surface area contributed by atoms with E-state index in [-0.39, 0.29) is 17.3 Å². The number of nitrogens with zero attached hydrogens (tertiary/aromatic N) is 5. The zero-order valence-corrected chi connectivity index (χ0v) is 16.9. The van der Waals surface area contributed by atoms with Crippen LogP contribution < -0.4 is 11.1 Å². The van der Waals surface area contributed by atoms with Crippen molar-refractivity contribution >= 4 is 40.1 Å². The largest absolute Gasteiger partial charge is 0.383 e. The highest BCUT2D eigenvalue weighted by molar-refractivity contribution is 6.10. The molecule has 8 heteroatoms. The van der Waals surface area contributed by atoms with Gasteiger partial charge < -0.3 is 11.1 Å². The number of benzene rings is 1. The first-order valence-electron chi connectivity index (χ1n) is 9.84. The molecule has 0 radical (unpaired) electrons. The molecule has 4 aromatic rings. The summed E-state index contributed by atoms with van der Waals surface area (Å²) in [4.78, 5) is 26.4. The molecule has 0 saturated heterocycles. The number of hydrogen-bond acceptors (Lipinski definition) is 6. The van der Waals surface area contributed by atoms with E-state index in [1.54, 1.807) is 18.6 Å². The smallest absolute Gasteiger partial charge is 0.257 e. The van der Waals surface area contributed by atoms with Crippen LogP contribution in [0.1, 0.15) is 36.2 Å². The van der Waals surface area contributed by atoms with E-state index in [0.29, 0.717) is 34.7 Å². The van der Waals surface area contributed by atoms with Crippen LogP contribution in [0, 0.1) is 5.92 Å². The maximum Gasteiger partial charge on any atom is 0.257 e. The summed E-state index contributed by atoms with van der Waals surface area (Å²) in [6.07, 6.45) is 5.87. The predicted molar refractivity (Wildman–Crippen MR) is 118 cm³/mol. The van der Waals surface area contributed by atoms with Gasteiger partial charge in [0.1, 0.15) is 16.9 Å². The lowest BCUT2D eigenvalue weighted by molar-refractivity contribution is 0.0954. The molecule has 3 aromatic heterocycles. The maximum absolute atomic E-state index is 13.0. The number of rotatable bonds is 6. The molecule has 0 aliphatic heterocycles. The lowest BCUT2D eigenvalue weighted by atomic mass is 10.1. The Morgan fingerprint density at radius 1 is 1.20 bits per heavy atom. The normalized spacial score (nSPS) is 11.7. The number of para-hydroxylation sites is 2. The molecule has 0 bridgehead atoms. The van der Waals surface area contributed by atoms with E-state index >= 15 is 0 Å². The Kier molecular flexibility index (Phi) is 5.38. The summed E-state index contributed by atoms with van der Waals surface area (Å²) in [5, 5.41) is 7.40. The van der Waals surface area contributed by atoms with Crippen molar-refractivity contribution in [3.8, 4) is 0 Å². The molecule has 1 aromatic carbocycles. The van der Waals surface area contributed by atoms with Crippen LogP contribution in [0.3, 0.4) is 0 Å². The highest BCUT2D eigenvalue weighted by atomic mass is 16.1. The Balaban J connectivity index is 1.83. The zero-order valence-electron chi connectivity index (χ0n) is 16.9. The van der Waals surface area contributed by atoms with Crippen LogP contribution >= 0.6 is 0 Å². The van der Waals surface area contributed by atoms with Crippen molar-refractivity contribution in [2.45, 2.75) is 20.3 Å². The Bertz CT molecular complexity index is 1230. The molecule has 4 rings (SSSR count). The van der Waals surface area contributed by atoms with Crippen molar-refractivity contribution in [2.24, 2.45) is 11.0 Å². The average molecular weight is 401 g/mol. The minimum absolute atomic E-state index is 0.197. The average Bonchev–Trinajstić information content (AvgIpc) is 3.01. The number of carbonyl (C=O) groups excluding carboxylic acids is 1. The van der Waals surface area contributed by atoms with Crippen molar-refractivity contribution in [1.82, 2.24) is 24.9 Å². The molecule has 152 valence electrons. The third kappa shape index (κ3) is 3.84. The molecule has 1 amide bonds. The second-order valence-corrected chi connectivity index (χ2v) is 7.43. The number of hydrogen-bond donors (Lipinski definition) is 2. The van der Waals surface area contributed by atoms with Gasteiger partial charge in [-0.1, -0.05) is 32.0 Å². The van der Waals surface area contributed by atoms with Gasteiger partial charge >= 0.3 is 0 Å². The molecule has 3 N–H and O–H groups in total. The van der Waals surface area contributed by atoms with Gasteiger partial charge in [0.05, 0.1) is 17.2 Å². The summed E-state index contributed by atoms with van der Waals surface area (Å²) in [5.41, 5.74) is 9.71. The number of amides is 1. The van der Waals surface area contributed by atoms with Gasteiger partial charge in [0.15, 0.2) is 5.65 Å². The monoisotopic (exact) mass is 401 g/mol. The fraction of sp³-hybridized carbons (Fsp3) is 0.227. The van der Waals surface area contributed by atoms with Crippen LogP contribution in [0.25, 0.3) is 22.2 Å². The van der Waals surface area contributed by atoms with Crippen LogP contribution in [0.2, 0.25) is 0 Å². The Morgan fingerprint density at radius 2 is 1.97 bits per heavy atom. The van der Waals surface area contributed by atoms with Crippen LogP contribution in [-0.4, -0.2) is 38.3 Å². The lowest BCUT2D eigenvalue weighted by Crippen LogP contribution is -2.26. The van der Waals surface area contributed by atoms with E-state index in [2.05, 4.69) is 39.2 Å². The topological polar surface area (TPSA) is 111 Å². The minimum atomic E-state index is -0.280. The quantitative estimate of drug-likeness (QED) is 0.482. The summed E-state index contributed by atoms with van der Waals surface area (Å²) in [7, 11) is 0. The van der Waals surface area contributed by atoms with Gasteiger partial charge in [-0.05, 0) is 30.5 Å². The molecule has 0 aliphatic carbocycles. The Morgan fingerprint density at radius 3 is 2.67 bits per heavy atom. The Hall–Kier alpha value is -3.81. The first kappa shape index (κ1) is 19.5. The van der Waals surface area contributed by atoms with Crippen molar-refractivity contribution in [3.05, 3.63) is 59.9 Å². The fourth-order valence-electron chi connectivity index (χ4n) is 3.13. The molecule has 0 spiro atoms. The van der Waals surface area contributed by atoms with Crippen molar-refractivity contribution in [2.75, 3.05) is 12.3 Å². The number of anilines is 1. The maximum atomic E-state index is 13.0. The second kappa shape index (κ2) is 8.28. The number of nitrogens with two attached hydrogens (primary N) is 1. The van der Waals surface area contributed by atoms with E-state index in [4.69, 9.17) is 5.73 Å². The van der Waals surface area contributed by atoms with E-state index in [0.717, 1.165) is 12.0 Å². The van der Waals surface area contributed by atoms with Crippen LogP contribution in [0.5, 0.6) is 0 Å². The molecular formula is C22H23N7O. The summed E-state index contributed by atoms with van der Waals surface area (Å²) in [6, 6.07) is 11.2. The van der Waals surface area contributed by atoms with Gasteiger partial charge in [0, 0.05) is 24.5 Å². The fourth-order valence-corrected chi connectivity index (χ4v) is 3.13. The molecule has 0 aliphatic rings. The first-order chi connectivity index (χ1) is 14.5. The summed E-state index contributed by atoms with van der Waals surface area (Å²) in [5.74, 6) is 0.400. The summed E-state index contributed by atoms with van der Waals surface area (Å²) < 4.78 is 1.46. The molecule has 8 nitrogen and oxygen atoms in total. The van der Waals surface area contributed by atoms with Gasteiger partial charge in [-0.15, -0.1) is 0 Å². The Labute approximate surface area is 173 Å². The van der Waals surface area contributed by atoms with Crippen molar-refractivity contribution < 1.29 is 4.79 Å². The zero-order chi connectivity index (χ0) is 21.1. The molecule has 0 saturated carbocycles. The highest BCUT2D eigenvalue weighted by Gasteiger charge is 2.23. The number of aromatic nitrogens is 4. The minimum Gasteiger partial charge on any atom is -0.383 e. The highest BCUT2D eigenvalue weighted by Crippen LogP contribution is 2.27. The summed E-state index contributed by atoms with van der Waals surface area (Å²) >= 11 is 0. The van der Waals surface area contributed by atoms with Gasteiger partial charge in [-0.2, -0.15) is 9.78 Å². The molecule has 30 heavy (non-hydrogen) atoms. The standard InChI is InChI=1S/C22H23N7O/c1-14(2)9-11-25-22(30)18-19-21(28-17-8-4-3-7-16(17)27-19)29(20(18)23)26-13-15-6-5-10-24-12-15/h3-8,10,12-14H,9,11,23H2,1-2H3,(H,25,30)/b26-13-. The van der Waals surface area contributed by atoms with Gasteiger partial charge in [0.25, 0.3) is 5.91 Å².